The number of hydrogen-bond donors (Lipinski definition) is 1. The van der Waals surface area contributed by atoms with E-state index in [1.165, 1.54) is 0 Å². The summed E-state index contributed by atoms with van der Waals surface area (Å²) in [6, 6.07) is 7.63. The molecule has 0 saturated heterocycles. The molecule has 1 heterocycles. The lowest BCUT2D eigenvalue weighted by Crippen LogP contribution is -2.40. The van der Waals surface area contributed by atoms with E-state index < -0.39 is 12.0 Å². The van der Waals surface area contributed by atoms with E-state index in [1.807, 2.05) is 36.1 Å². The molecule has 1 fully saturated rings. The maximum atomic E-state index is 11.2. The molecule has 22 heavy (non-hydrogen) atoms. The minimum absolute atomic E-state index is 0.306. The van der Waals surface area contributed by atoms with Gasteiger partial charge < -0.3 is 9.63 Å². The van der Waals surface area contributed by atoms with Gasteiger partial charge in [-0.15, -0.1) is 0 Å². The summed E-state index contributed by atoms with van der Waals surface area (Å²) in [7, 11) is 0. The molecule has 116 valence electrons. The van der Waals surface area contributed by atoms with Crippen LogP contribution >= 0.6 is 0 Å². The molecule has 6 nitrogen and oxygen atoms in total. The van der Waals surface area contributed by atoms with Crippen LogP contribution < -0.4 is 0 Å². The summed E-state index contributed by atoms with van der Waals surface area (Å²) in [6.07, 6.45) is 2.05. The van der Waals surface area contributed by atoms with Gasteiger partial charge in [-0.25, -0.2) is 0 Å². The van der Waals surface area contributed by atoms with Crippen molar-refractivity contribution in [1.82, 2.24) is 15.0 Å². The van der Waals surface area contributed by atoms with Gasteiger partial charge in [-0.1, -0.05) is 28.9 Å². The number of rotatable bonds is 6. The van der Waals surface area contributed by atoms with E-state index in [9.17, 15) is 9.90 Å². The fourth-order valence-electron chi connectivity index (χ4n) is 2.51. The summed E-state index contributed by atoms with van der Waals surface area (Å²) < 4.78 is 5.30. The predicted molar refractivity (Wildman–Crippen MR) is 80.1 cm³/mol. The monoisotopic (exact) mass is 301 g/mol. The van der Waals surface area contributed by atoms with Crippen LogP contribution in [0.2, 0.25) is 0 Å². The number of aryl methyl sites for hydroxylation is 1. The second kappa shape index (κ2) is 5.88. The number of carboxylic acids is 1. The van der Waals surface area contributed by atoms with E-state index in [4.69, 9.17) is 4.52 Å². The molecule has 0 radical (unpaired) electrons. The van der Waals surface area contributed by atoms with Crippen LogP contribution in [0.3, 0.4) is 0 Å². The van der Waals surface area contributed by atoms with E-state index in [1.54, 1.807) is 6.92 Å². The molecule has 3 rings (SSSR count). The number of nitrogens with zero attached hydrogens (tertiary/aromatic N) is 3. The van der Waals surface area contributed by atoms with Gasteiger partial charge >= 0.3 is 5.97 Å². The number of benzene rings is 1. The Hall–Kier alpha value is -2.21. The van der Waals surface area contributed by atoms with Crippen molar-refractivity contribution in [1.29, 1.82) is 0 Å². The third kappa shape index (κ3) is 3.17. The number of carbonyl (C=O) groups is 1. The molecule has 1 unspecified atom stereocenters. The fourth-order valence-corrected chi connectivity index (χ4v) is 2.51. The standard InChI is InChI=1S/C16H19N3O3/c1-10-4-3-5-12(8-10)15-17-14(22-18-15)9-19(13-6-7-13)11(2)16(20)21/h3-5,8,11,13H,6-7,9H2,1-2H3,(H,20,21). The highest BCUT2D eigenvalue weighted by Crippen LogP contribution is 2.30. The molecule has 1 aliphatic carbocycles. The van der Waals surface area contributed by atoms with Gasteiger partial charge in [0.1, 0.15) is 6.04 Å². The van der Waals surface area contributed by atoms with Gasteiger partial charge in [0.15, 0.2) is 0 Å². The van der Waals surface area contributed by atoms with Crippen molar-refractivity contribution in [3.05, 3.63) is 35.7 Å². The smallest absolute Gasteiger partial charge is 0.320 e. The summed E-state index contributed by atoms with van der Waals surface area (Å²) in [4.78, 5) is 17.5. The molecule has 0 bridgehead atoms. The van der Waals surface area contributed by atoms with Crippen LogP contribution in [0.15, 0.2) is 28.8 Å². The van der Waals surface area contributed by atoms with Gasteiger partial charge in [-0.2, -0.15) is 4.98 Å². The molecule has 1 aromatic carbocycles. The van der Waals surface area contributed by atoms with Crippen LogP contribution in [0.25, 0.3) is 11.4 Å². The lowest BCUT2D eigenvalue weighted by molar-refractivity contribution is -0.143. The Morgan fingerprint density at radius 2 is 2.27 bits per heavy atom. The maximum Gasteiger partial charge on any atom is 0.320 e. The Labute approximate surface area is 128 Å². The minimum atomic E-state index is -0.828. The van der Waals surface area contributed by atoms with Gasteiger partial charge in [0.25, 0.3) is 0 Å². The predicted octanol–water partition coefficient (Wildman–Crippen LogP) is 2.48. The van der Waals surface area contributed by atoms with E-state index in [0.717, 1.165) is 24.0 Å². The number of hydrogen-bond acceptors (Lipinski definition) is 5. The largest absolute Gasteiger partial charge is 0.480 e. The first-order valence-electron chi connectivity index (χ1n) is 7.43. The highest BCUT2D eigenvalue weighted by Gasteiger charge is 2.36. The number of carboxylic acid groups (broad SMARTS) is 1. The minimum Gasteiger partial charge on any atom is -0.480 e. The topological polar surface area (TPSA) is 79.5 Å². The zero-order valence-corrected chi connectivity index (χ0v) is 12.7. The summed E-state index contributed by atoms with van der Waals surface area (Å²) in [5, 5.41) is 13.2. The zero-order valence-electron chi connectivity index (χ0n) is 12.7. The van der Waals surface area contributed by atoms with Gasteiger partial charge in [0.05, 0.1) is 6.54 Å². The Kier molecular flexibility index (Phi) is 3.94. The van der Waals surface area contributed by atoms with Gasteiger partial charge in [-0.3, -0.25) is 9.69 Å². The first kappa shape index (κ1) is 14.7. The zero-order chi connectivity index (χ0) is 15.7. The first-order valence-corrected chi connectivity index (χ1v) is 7.43. The van der Waals surface area contributed by atoms with Gasteiger partial charge in [0, 0.05) is 11.6 Å². The first-order chi connectivity index (χ1) is 10.5. The highest BCUT2D eigenvalue weighted by molar-refractivity contribution is 5.73. The van der Waals surface area contributed by atoms with Crippen LogP contribution in [0, 0.1) is 6.92 Å². The second-order valence-electron chi connectivity index (χ2n) is 5.80. The normalized spacial score (nSPS) is 16.0. The molecule has 6 heteroatoms. The van der Waals surface area contributed by atoms with Crippen LogP contribution in [0.4, 0.5) is 0 Å². The van der Waals surface area contributed by atoms with Crippen molar-refractivity contribution in [2.75, 3.05) is 0 Å². The maximum absolute atomic E-state index is 11.2. The molecule has 1 saturated carbocycles. The van der Waals surface area contributed by atoms with Crippen molar-refractivity contribution in [2.45, 2.75) is 45.3 Å². The highest BCUT2D eigenvalue weighted by atomic mass is 16.5. The fraction of sp³-hybridized carbons (Fsp3) is 0.438. The van der Waals surface area contributed by atoms with Gasteiger partial charge in [0.2, 0.25) is 11.7 Å². The summed E-state index contributed by atoms with van der Waals surface area (Å²) >= 11 is 0. The molecule has 0 aliphatic heterocycles. The third-order valence-corrected chi connectivity index (χ3v) is 3.93. The van der Waals surface area contributed by atoms with Crippen molar-refractivity contribution in [3.63, 3.8) is 0 Å². The van der Waals surface area contributed by atoms with E-state index in [2.05, 4.69) is 10.1 Å². The molecule has 2 aromatic rings. The van der Waals surface area contributed by atoms with Crippen molar-refractivity contribution < 1.29 is 14.4 Å². The van der Waals surface area contributed by atoms with E-state index >= 15 is 0 Å². The molecule has 0 amide bonds. The quantitative estimate of drug-likeness (QED) is 0.883. The number of aliphatic carboxylic acids is 1. The lowest BCUT2D eigenvalue weighted by Gasteiger charge is -2.24. The van der Waals surface area contributed by atoms with Crippen LogP contribution in [0.1, 0.15) is 31.2 Å². The van der Waals surface area contributed by atoms with Crippen molar-refractivity contribution >= 4 is 5.97 Å². The molecule has 0 spiro atoms. The Bertz CT molecular complexity index is 679. The van der Waals surface area contributed by atoms with Crippen LogP contribution in [-0.4, -0.2) is 38.2 Å². The average Bonchev–Trinajstić information content (AvgIpc) is 3.22. The van der Waals surface area contributed by atoms with Crippen molar-refractivity contribution in [3.8, 4) is 11.4 Å². The van der Waals surface area contributed by atoms with E-state index in [-0.39, 0.29) is 0 Å². The lowest BCUT2D eigenvalue weighted by atomic mass is 10.1. The Morgan fingerprint density at radius 3 is 2.91 bits per heavy atom. The summed E-state index contributed by atoms with van der Waals surface area (Å²) in [5.74, 6) is 0.166. The molecule has 1 aromatic heterocycles. The second-order valence-corrected chi connectivity index (χ2v) is 5.80. The average molecular weight is 301 g/mol. The van der Waals surface area contributed by atoms with Crippen LogP contribution in [0.5, 0.6) is 0 Å². The van der Waals surface area contributed by atoms with Gasteiger partial charge in [-0.05, 0) is 32.8 Å². The molecular weight excluding hydrogens is 282 g/mol. The summed E-state index contributed by atoms with van der Waals surface area (Å²) in [5.41, 5.74) is 2.03. The van der Waals surface area contributed by atoms with Crippen molar-refractivity contribution in [2.24, 2.45) is 0 Å². The van der Waals surface area contributed by atoms with E-state index in [0.29, 0.717) is 24.3 Å². The Morgan fingerprint density at radius 1 is 1.50 bits per heavy atom. The summed E-state index contributed by atoms with van der Waals surface area (Å²) in [6.45, 7) is 4.07. The molecular formula is C16H19N3O3. The Balaban J connectivity index is 1.77. The third-order valence-electron chi connectivity index (χ3n) is 3.93. The molecule has 1 N–H and O–H groups in total. The molecule has 1 atom stereocenters. The van der Waals surface area contributed by atoms with Crippen LogP contribution in [-0.2, 0) is 11.3 Å². The SMILES string of the molecule is Cc1cccc(-c2noc(CN(C3CC3)C(C)C(=O)O)n2)c1. The molecule has 1 aliphatic rings. The number of aromatic nitrogens is 2.